The van der Waals surface area contributed by atoms with Crippen LogP contribution in [0.4, 0.5) is 10.1 Å². The maximum atomic E-state index is 13.1. The minimum atomic E-state index is -0.200. The van der Waals surface area contributed by atoms with Gasteiger partial charge in [-0.15, -0.1) is 0 Å². The molecule has 0 radical (unpaired) electrons. The zero-order chi connectivity index (χ0) is 15.9. The predicted molar refractivity (Wildman–Crippen MR) is 87.3 cm³/mol. The SMILES string of the molecule is CC(=O)Nc1cccc(C(C)NCCc2cccc(F)c2)c1. The van der Waals surface area contributed by atoms with Gasteiger partial charge in [0.2, 0.25) is 5.91 Å². The molecule has 4 heteroatoms. The van der Waals surface area contributed by atoms with E-state index >= 15 is 0 Å². The molecule has 2 aromatic rings. The lowest BCUT2D eigenvalue weighted by Gasteiger charge is -2.15. The van der Waals surface area contributed by atoms with Gasteiger partial charge in [-0.2, -0.15) is 0 Å². The van der Waals surface area contributed by atoms with Crippen molar-refractivity contribution in [3.8, 4) is 0 Å². The molecule has 116 valence electrons. The Kier molecular flexibility index (Phi) is 5.67. The van der Waals surface area contributed by atoms with E-state index in [9.17, 15) is 9.18 Å². The first-order valence-corrected chi connectivity index (χ1v) is 7.40. The van der Waals surface area contributed by atoms with Crippen LogP contribution in [-0.4, -0.2) is 12.5 Å². The zero-order valence-electron chi connectivity index (χ0n) is 12.9. The fraction of sp³-hybridized carbons (Fsp3) is 0.278. The van der Waals surface area contributed by atoms with E-state index in [4.69, 9.17) is 0 Å². The van der Waals surface area contributed by atoms with E-state index in [2.05, 4.69) is 17.6 Å². The predicted octanol–water partition coefficient (Wildman–Crippen LogP) is 3.68. The standard InChI is InChI=1S/C18H21FN2O/c1-13(16-6-4-8-18(12-16)21-14(2)22)20-10-9-15-5-3-7-17(19)11-15/h3-8,11-13,20H,9-10H2,1-2H3,(H,21,22). The number of nitrogens with one attached hydrogen (secondary N) is 2. The van der Waals surface area contributed by atoms with Crippen molar-refractivity contribution in [2.75, 3.05) is 11.9 Å². The van der Waals surface area contributed by atoms with Crippen LogP contribution in [0, 0.1) is 5.82 Å². The van der Waals surface area contributed by atoms with Crippen LogP contribution in [0.3, 0.4) is 0 Å². The first-order valence-electron chi connectivity index (χ1n) is 7.40. The van der Waals surface area contributed by atoms with Gasteiger partial charge in [-0.05, 0) is 55.3 Å². The van der Waals surface area contributed by atoms with E-state index in [1.807, 2.05) is 30.3 Å². The highest BCUT2D eigenvalue weighted by Crippen LogP contribution is 2.17. The Balaban J connectivity index is 1.89. The van der Waals surface area contributed by atoms with Gasteiger partial charge in [0.25, 0.3) is 0 Å². The molecule has 0 fully saturated rings. The van der Waals surface area contributed by atoms with Crippen molar-refractivity contribution >= 4 is 11.6 Å². The van der Waals surface area contributed by atoms with Crippen molar-refractivity contribution in [2.24, 2.45) is 0 Å². The number of benzene rings is 2. The molecule has 0 aliphatic heterocycles. The summed E-state index contributed by atoms with van der Waals surface area (Å²) in [5.41, 5.74) is 2.88. The second-order valence-electron chi connectivity index (χ2n) is 5.36. The molecule has 1 unspecified atom stereocenters. The van der Waals surface area contributed by atoms with Crippen molar-refractivity contribution in [3.05, 3.63) is 65.5 Å². The highest BCUT2D eigenvalue weighted by molar-refractivity contribution is 5.88. The van der Waals surface area contributed by atoms with Gasteiger partial charge in [0.15, 0.2) is 0 Å². The Hall–Kier alpha value is -2.20. The van der Waals surface area contributed by atoms with Crippen molar-refractivity contribution < 1.29 is 9.18 Å². The van der Waals surface area contributed by atoms with Gasteiger partial charge in [-0.3, -0.25) is 4.79 Å². The monoisotopic (exact) mass is 300 g/mol. The Morgan fingerprint density at radius 1 is 1.18 bits per heavy atom. The smallest absolute Gasteiger partial charge is 0.221 e. The number of anilines is 1. The first kappa shape index (κ1) is 16.2. The fourth-order valence-corrected chi connectivity index (χ4v) is 2.33. The lowest BCUT2D eigenvalue weighted by atomic mass is 10.1. The number of amides is 1. The minimum Gasteiger partial charge on any atom is -0.326 e. The molecule has 0 saturated heterocycles. The fourth-order valence-electron chi connectivity index (χ4n) is 2.33. The second kappa shape index (κ2) is 7.71. The molecule has 1 atom stereocenters. The molecule has 0 saturated carbocycles. The third-order valence-electron chi connectivity index (χ3n) is 3.46. The maximum Gasteiger partial charge on any atom is 0.221 e. The van der Waals surface area contributed by atoms with Gasteiger partial charge < -0.3 is 10.6 Å². The van der Waals surface area contributed by atoms with Crippen molar-refractivity contribution in [3.63, 3.8) is 0 Å². The van der Waals surface area contributed by atoms with E-state index in [0.29, 0.717) is 0 Å². The largest absolute Gasteiger partial charge is 0.326 e. The van der Waals surface area contributed by atoms with Crippen LogP contribution < -0.4 is 10.6 Å². The first-order chi connectivity index (χ1) is 10.5. The highest BCUT2D eigenvalue weighted by Gasteiger charge is 2.06. The van der Waals surface area contributed by atoms with Crippen LogP contribution in [0.1, 0.15) is 31.0 Å². The van der Waals surface area contributed by atoms with Gasteiger partial charge in [0.1, 0.15) is 5.82 Å². The van der Waals surface area contributed by atoms with Gasteiger partial charge in [0, 0.05) is 18.7 Å². The Bertz CT molecular complexity index is 642. The van der Waals surface area contributed by atoms with Crippen LogP contribution in [0.25, 0.3) is 0 Å². The lowest BCUT2D eigenvalue weighted by molar-refractivity contribution is -0.114. The van der Waals surface area contributed by atoms with Crippen LogP contribution in [0.5, 0.6) is 0 Å². The molecule has 2 rings (SSSR count). The maximum absolute atomic E-state index is 13.1. The zero-order valence-corrected chi connectivity index (χ0v) is 12.9. The minimum absolute atomic E-state index is 0.0798. The summed E-state index contributed by atoms with van der Waals surface area (Å²) in [4.78, 5) is 11.1. The molecule has 2 N–H and O–H groups in total. The molecule has 22 heavy (non-hydrogen) atoms. The molecular formula is C18H21FN2O. The summed E-state index contributed by atoms with van der Waals surface area (Å²) in [6.45, 7) is 4.32. The second-order valence-corrected chi connectivity index (χ2v) is 5.36. The van der Waals surface area contributed by atoms with Crippen LogP contribution in [0.2, 0.25) is 0 Å². The quantitative estimate of drug-likeness (QED) is 0.854. The normalized spacial score (nSPS) is 12.0. The summed E-state index contributed by atoms with van der Waals surface area (Å²) in [5.74, 6) is -0.280. The lowest BCUT2D eigenvalue weighted by Crippen LogP contribution is -2.21. The summed E-state index contributed by atoms with van der Waals surface area (Å²) in [7, 11) is 0. The number of carbonyl (C=O) groups excluding carboxylic acids is 1. The van der Waals surface area contributed by atoms with E-state index in [1.165, 1.54) is 13.0 Å². The van der Waals surface area contributed by atoms with Crippen LogP contribution >= 0.6 is 0 Å². The molecule has 1 amide bonds. The van der Waals surface area contributed by atoms with E-state index < -0.39 is 0 Å². The third kappa shape index (κ3) is 4.97. The average molecular weight is 300 g/mol. The molecule has 0 spiro atoms. The van der Waals surface area contributed by atoms with Crippen molar-refractivity contribution in [1.29, 1.82) is 0 Å². The topological polar surface area (TPSA) is 41.1 Å². The van der Waals surface area contributed by atoms with E-state index in [-0.39, 0.29) is 17.8 Å². The summed E-state index contributed by atoms with van der Waals surface area (Å²) in [5, 5.41) is 6.19. The average Bonchev–Trinajstić information content (AvgIpc) is 2.47. The Morgan fingerprint density at radius 3 is 2.68 bits per heavy atom. The Labute approximate surface area is 130 Å². The Morgan fingerprint density at radius 2 is 1.95 bits per heavy atom. The highest BCUT2D eigenvalue weighted by atomic mass is 19.1. The van der Waals surface area contributed by atoms with Crippen molar-refractivity contribution in [2.45, 2.75) is 26.3 Å². The molecule has 0 heterocycles. The molecular weight excluding hydrogens is 279 g/mol. The van der Waals surface area contributed by atoms with Gasteiger partial charge >= 0.3 is 0 Å². The number of halogens is 1. The summed E-state index contributed by atoms with van der Waals surface area (Å²) < 4.78 is 13.1. The van der Waals surface area contributed by atoms with Crippen LogP contribution in [-0.2, 0) is 11.2 Å². The van der Waals surface area contributed by atoms with Crippen LogP contribution in [0.15, 0.2) is 48.5 Å². The molecule has 0 aromatic heterocycles. The van der Waals surface area contributed by atoms with Gasteiger partial charge in [-0.25, -0.2) is 4.39 Å². The van der Waals surface area contributed by atoms with Crippen molar-refractivity contribution in [1.82, 2.24) is 5.32 Å². The number of hydrogen-bond acceptors (Lipinski definition) is 2. The summed E-state index contributed by atoms with van der Waals surface area (Å²) in [6, 6.07) is 14.6. The molecule has 0 aliphatic rings. The molecule has 3 nitrogen and oxygen atoms in total. The molecule has 2 aromatic carbocycles. The molecule has 0 bridgehead atoms. The third-order valence-corrected chi connectivity index (χ3v) is 3.46. The summed E-state index contributed by atoms with van der Waals surface area (Å²) >= 11 is 0. The van der Waals surface area contributed by atoms with Gasteiger partial charge in [-0.1, -0.05) is 24.3 Å². The number of rotatable bonds is 6. The van der Waals surface area contributed by atoms with E-state index in [0.717, 1.165) is 29.8 Å². The number of hydrogen-bond donors (Lipinski definition) is 2. The van der Waals surface area contributed by atoms with Gasteiger partial charge in [0.05, 0.1) is 0 Å². The summed E-state index contributed by atoms with van der Waals surface area (Å²) in [6.07, 6.45) is 0.771. The molecule has 0 aliphatic carbocycles. The van der Waals surface area contributed by atoms with E-state index in [1.54, 1.807) is 12.1 Å². The number of carbonyl (C=O) groups is 1.